The van der Waals surface area contributed by atoms with E-state index < -0.39 is 0 Å². The minimum Gasteiger partial charge on any atom is -0.372 e. The van der Waals surface area contributed by atoms with Gasteiger partial charge < -0.3 is 10.2 Å². The molecule has 1 fully saturated rings. The maximum absolute atomic E-state index is 13.4. The van der Waals surface area contributed by atoms with Gasteiger partial charge in [0.25, 0.3) is 5.56 Å². The molecule has 3 aromatic carbocycles. The van der Waals surface area contributed by atoms with E-state index in [2.05, 4.69) is 22.3 Å². The molecule has 1 amide bonds. The SMILES string of the molecule is Cc1ccc(-n2c(SCC(=O)Nc3ccc(N4CCCC4)cc3C)nc3ccccc3c2=O)cc1. The monoisotopic (exact) mass is 484 g/mol. The van der Waals surface area contributed by atoms with Crippen molar-refractivity contribution in [2.24, 2.45) is 0 Å². The summed E-state index contributed by atoms with van der Waals surface area (Å²) in [4.78, 5) is 33.3. The van der Waals surface area contributed by atoms with Crippen molar-refractivity contribution >= 4 is 39.9 Å². The van der Waals surface area contributed by atoms with Gasteiger partial charge in [-0.05, 0) is 74.7 Å². The zero-order valence-electron chi connectivity index (χ0n) is 20.0. The van der Waals surface area contributed by atoms with Crippen molar-refractivity contribution in [3.63, 3.8) is 0 Å². The second kappa shape index (κ2) is 9.96. The van der Waals surface area contributed by atoms with E-state index in [1.165, 1.54) is 30.3 Å². The molecule has 1 saturated heterocycles. The topological polar surface area (TPSA) is 67.2 Å². The minimum absolute atomic E-state index is 0.134. The third-order valence-corrected chi connectivity index (χ3v) is 7.26. The Morgan fingerprint density at radius 3 is 2.43 bits per heavy atom. The number of nitrogens with zero attached hydrogens (tertiary/aromatic N) is 3. The number of aromatic nitrogens is 2. The molecule has 1 aliphatic rings. The Morgan fingerprint density at radius 1 is 0.971 bits per heavy atom. The van der Waals surface area contributed by atoms with Gasteiger partial charge in [-0.3, -0.25) is 14.2 Å². The number of benzene rings is 3. The van der Waals surface area contributed by atoms with Crippen molar-refractivity contribution in [1.29, 1.82) is 0 Å². The first-order valence-corrected chi connectivity index (χ1v) is 12.9. The number of thioether (sulfide) groups is 1. The van der Waals surface area contributed by atoms with Gasteiger partial charge in [-0.2, -0.15) is 0 Å². The number of anilines is 2. The molecule has 35 heavy (non-hydrogen) atoms. The fourth-order valence-electron chi connectivity index (χ4n) is 4.41. The van der Waals surface area contributed by atoms with Crippen LogP contribution in [0.2, 0.25) is 0 Å². The van der Waals surface area contributed by atoms with E-state index in [1.807, 2.05) is 62.4 Å². The van der Waals surface area contributed by atoms with Gasteiger partial charge in [-0.25, -0.2) is 4.98 Å². The molecule has 0 radical (unpaired) electrons. The molecule has 0 bridgehead atoms. The lowest BCUT2D eigenvalue weighted by atomic mass is 10.1. The van der Waals surface area contributed by atoms with Crippen molar-refractivity contribution in [1.82, 2.24) is 9.55 Å². The smallest absolute Gasteiger partial charge is 0.266 e. The summed E-state index contributed by atoms with van der Waals surface area (Å²) in [6.45, 7) is 6.19. The minimum atomic E-state index is -0.143. The van der Waals surface area contributed by atoms with E-state index in [0.29, 0.717) is 16.1 Å². The van der Waals surface area contributed by atoms with Crippen LogP contribution in [0.25, 0.3) is 16.6 Å². The normalized spacial score (nSPS) is 13.4. The molecule has 0 atom stereocenters. The fourth-order valence-corrected chi connectivity index (χ4v) is 5.22. The van der Waals surface area contributed by atoms with Crippen molar-refractivity contribution in [2.75, 3.05) is 29.1 Å². The number of aryl methyl sites for hydroxylation is 2. The first-order chi connectivity index (χ1) is 17.0. The van der Waals surface area contributed by atoms with E-state index in [0.717, 1.165) is 35.6 Å². The molecule has 0 spiro atoms. The average molecular weight is 485 g/mol. The predicted molar refractivity (Wildman–Crippen MR) is 144 cm³/mol. The van der Waals surface area contributed by atoms with Crippen LogP contribution < -0.4 is 15.8 Å². The van der Waals surface area contributed by atoms with Gasteiger partial charge in [0, 0.05) is 24.5 Å². The molecule has 2 heterocycles. The Bertz CT molecular complexity index is 1440. The quantitative estimate of drug-likeness (QED) is 0.296. The Kier molecular flexibility index (Phi) is 6.59. The van der Waals surface area contributed by atoms with E-state index in [9.17, 15) is 9.59 Å². The molecule has 0 aliphatic carbocycles. The van der Waals surface area contributed by atoms with Gasteiger partial charge in [0.05, 0.1) is 22.3 Å². The van der Waals surface area contributed by atoms with Crippen LogP contribution in [0.4, 0.5) is 11.4 Å². The van der Waals surface area contributed by atoms with Gasteiger partial charge in [0.15, 0.2) is 5.16 Å². The van der Waals surface area contributed by atoms with Gasteiger partial charge >= 0.3 is 0 Å². The average Bonchev–Trinajstić information content (AvgIpc) is 3.40. The molecule has 178 valence electrons. The summed E-state index contributed by atoms with van der Waals surface area (Å²) in [6, 6.07) is 21.2. The third kappa shape index (κ3) is 4.95. The lowest BCUT2D eigenvalue weighted by Crippen LogP contribution is -2.23. The number of nitrogens with one attached hydrogen (secondary N) is 1. The fraction of sp³-hybridized carbons (Fsp3) is 0.250. The molecule has 0 saturated carbocycles. The third-order valence-electron chi connectivity index (χ3n) is 6.32. The number of carbonyl (C=O) groups is 1. The molecule has 1 N–H and O–H groups in total. The van der Waals surface area contributed by atoms with Crippen molar-refractivity contribution < 1.29 is 4.79 Å². The van der Waals surface area contributed by atoms with Crippen molar-refractivity contribution in [2.45, 2.75) is 31.8 Å². The first-order valence-electron chi connectivity index (χ1n) is 11.9. The summed E-state index contributed by atoms with van der Waals surface area (Å²) >= 11 is 1.26. The summed E-state index contributed by atoms with van der Waals surface area (Å²) in [7, 11) is 0. The van der Waals surface area contributed by atoms with Crippen LogP contribution in [-0.2, 0) is 4.79 Å². The predicted octanol–water partition coefficient (Wildman–Crippen LogP) is 5.33. The van der Waals surface area contributed by atoms with Crippen LogP contribution in [0.3, 0.4) is 0 Å². The lowest BCUT2D eigenvalue weighted by molar-refractivity contribution is -0.113. The second-order valence-corrected chi connectivity index (χ2v) is 9.86. The Balaban J connectivity index is 1.37. The highest BCUT2D eigenvalue weighted by Crippen LogP contribution is 2.26. The van der Waals surface area contributed by atoms with E-state index in [1.54, 1.807) is 10.6 Å². The number of rotatable bonds is 6. The highest BCUT2D eigenvalue weighted by molar-refractivity contribution is 7.99. The number of fused-ring (bicyclic) bond motifs is 1. The molecular weight excluding hydrogens is 456 g/mol. The number of carbonyl (C=O) groups excluding carboxylic acids is 1. The second-order valence-electron chi connectivity index (χ2n) is 8.92. The molecule has 0 unspecified atom stereocenters. The van der Waals surface area contributed by atoms with Crippen LogP contribution in [0, 0.1) is 13.8 Å². The zero-order chi connectivity index (χ0) is 24.4. The summed E-state index contributed by atoms with van der Waals surface area (Å²) in [5, 5.41) is 4.07. The largest absolute Gasteiger partial charge is 0.372 e. The molecule has 4 aromatic rings. The standard InChI is InChI=1S/C28H28N4O2S/c1-19-9-11-21(12-10-19)32-27(34)23-7-3-4-8-25(23)30-28(32)35-18-26(33)29-24-14-13-22(17-20(24)2)31-15-5-6-16-31/h3-4,7-14,17H,5-6,15-16,18H2,1-2H3,(H,29,33). The first kappa shape index (κ1) is 23.2. The van der Waals surface area contributed by atoms with Crippen LogP contribution in [-0.4, -0.2) is 34.3 Å². The highest BCUT2D eigenvalue weighted by Gasteiger charge is 2.16. The number of hydrogen-bond donors (Lipinski definition) is 1. The van der Waals surface area contributed by atoms with Crippen LogP contribution in [0.5, 0.6) is 0 Å². The van der Waals surface area contributed by atoms with Crippen molar-refractivity contribution in [3.05, 3.63) is 88.2 Å². The highest BCUT2D eigenvalue weighted by atomic mass is 32.2. The van der Waals surface area contributed by atoms with Crippen molar-refractivity contribution in [3.8, 4) is 5.69 Å². The van der Waals surface area contributed by atoms with Gasteiger partial charge in [0.1, 0.15) is 0 Å². The zero-order valence-corrected chi connectivity index (χ0v) is 20.8. The lowest BCUT2D eigenvalue weighted by Gasteiger charge is -2.19. The molecule has 6 nitrogen and oxygen atoms in total. The van der Waals surface area contributed by atoms with E-state index in [-0.39, 0.29) is 17.2 Å². The van der Waals surface area contributed by atoms with E-state index in [4.69, 9.17) is 4.98 Å². The van der Waals surface area contributed by atoms with Gasteiger partial charge in [0.2, 0.25) is 5.91 Å². The summed E-state index contributed by atoms with van der Waals surface area (Å²) in [5.41, 5.74) is 5.36. The Hall–Kier alpha value is -3.58. The van der Waals surface area contributed by atoms with Crippen LogP contribution >= 0.6 is 11.8 Å². The maximum Gasteiger partial charge on any atom is 0.266 e. The maximum atomic E-state index is 13.4. The van der Waals surface area contributed by atoms with Gasteiger partial charge in [-0.1, -0.05) is 41.6 Å². The van der Waals surface area contributed by atoms with Crippen LogP contribution in [0.15, 0.2) is 76.7 Å². The molecule has 5 rings (SSSR count). The summed E-state index contributed by atoms with van der Waals surface area (Å²) in [6.07, 6.45) is 2.45. The number of amides is 1. The molecule has 1 aromatic heterocycles. The number of para-hydroxylation sites is 1. The summed E-state index contributed by atoms with van der Waals surface area (Å²) < 4.78 is 1.59. The molecular formula is C28H28N4O2S. The molecule has 1 aliphatic heterocycles. The Labute approximate surface area is 209 Å². The summed E-state index contributed by atoms with van der Waals surface area (Å²) in [5.74, 6) is 0.00845. The van der Waals surface area contributed by atoms with Gasteiger partial charge in [-0.15, -0.1) is 0 Å². The van der Waals surface area contributed by atoms with Crippen LogP contribution in [0.1, 0.15) is 24.0 Å². The Morgan fingerprint density at radius 2 is 1.69 bits per heavy atom. The molecule has 7 heteroatoms. The van der Waals surface area contributed by atoms with E-state index >= 15 is 0 Å². The number of hydrogen-bond acceptors (Lipinski definition) is 5.